The Hall–Kier alpha value is -2.77. The molecule has 0 aromatic heterocycles. The van der Waals surface area contributed by atoms with Gasteiger partial charge in [-0.2, -0.15) is 10.6 Å². The number of nitrogens with zero attached hydrogens (tertiary/aromatic N) is 2. The summed E-state index contributed by atoms with van der Waals surface area (Å²) in [5.74, 6) is -0.0797. The molecule has 0 fully saturated rings. The van der Waals surface area contributed by atoms with E-state index < -0.39 is 6.03 Å². The zero-order valence-electron chi connectivity index (χ0n) is 9.93. The van der Waals surface area contributed by atoms with E-state index in [0.717, 1.165) is 11.3 Å². The minimum atomic E-state index is -0.775. The predicted octanol–water partition coefficient (Wildman–Crippen LogP) is 1.37. The van der Waals surface area contributed by atoms with Gasteiger partial charge in [0, 0.05) is 12.8 Å². The van der Waals surface area contributed by atoms with Gasteiger partial charge >= 0.3 is 6.03 Å². The zero-order valence-corrected chi connectivity index (χ0v) is 9.93. The van der Waals surface area contributed by atoms with E-state index in [1.165, 1.54) is 0 Å². The lowest BCUT2D eigenvalue weighted by Gasteiger charge is -2.12. The Morgan fingerprint density at radius 3 is 2.63 bits per heavy atom. The molecule has 1 heterocycles. The molecule has 0 atom stereocenters. The number of carbonyl (C=O) groups excluding carboxylic acids is 2. The van der Waals surface area contributed by atoms with Gasteiger partial charge in [0.25, 0.3) is 0 Å². The van der Waals surface area contributed by atoms with Crippen molar-refractivity contribution in [3.8, 4) is 0 Å². The van der Waals surface area contributed by atoms with Crippen molar-refractivity contribution in [2.24, 2.45) is 10.2 Å². The molecule has 1 aromatic carbocycles. The van der Waals surface area contributed by atoms with Gasteiger partial charge in [-0.1, -0.05) is 17.2 Å². The molecule has 0 bridgehead atoms. The number of nitrogens with one attached hydrogen (secondary N) is 4. The van der Waals surface area contributed by atoms with Crippen molar-refractivity contribution in [3.05, 3.63) is 29.8 Å². The van der Waals surface area contributed by atoms with Crippen LogP contribution in [0.1, 0.15) is 18.4 Å². The van der Waals surface area contributed by atoms with Crippen LogP contribution in [0.25, 0.3) is 0 Å². The molecule has 1 aromatic rings. The molecule has 8 heteroatoms. The lowest BCUT2D eigenvalue weighted by Crippen LogP contribution is -2.26. The summed E-state index contributed by atoms with van der Waals surface area (Å²) >= 11 is 0. The van der Waals surface area contributed by atoms with E-state index in [0.29, 0.717) is 18.5 Å². The maximum Gasteiger partial charge on any atom is 0.377 e. The van der Waals surface area contributed by atoms with Crippen LogP contribution in [0.4, 0.5) is 10.5 Å². The van der Waals surface area contributed by atoms with Crippen molar-refractivity contribution < 1.29 is 9.59 Å². The molecule has 0 saturated carbocycles. The Labute approximate surface area is 108 Å². The van der Waals surface area contributed by atoms with Crippen molar-refractivity contribution in [1.82, 2.24) is 10.9 Å². The lowest BCUT2D eigenvalue weighted by molar-refractivity contribution is -0.121. The predicted molar refractivity (Wildman–Crippen MR) is 67.7 cm³/mol. The van der Waals surface area contributed by atoms with Crippen LogP contribution < -0.4 is 16.3 Å². The molecule has 0 unspecified atom stereocenters. The third-order valence-corrected chi connectivity index (χ3v) is 2.54. The van der Waals surface area contributed by atoms with Gasteiger partial charge in [0.15, 0.2) is 0 Å². The Morgan fingerprint density at radius 1 is 1.32 bits per heavy atom. The Balaban J connectivity index is 2.00. The fraction of sp³-hybridized carbons (Fsp3) is 0.182. The Bertz CT molecular complexity index is 537. The van der Waals surface area contributed by atoms with E-state index in [2.05, 4.69) is 26.5 Å². The van der Waals surface area contributed by atoms with Gasteiger partial charge < -0.3 is 0 Å². The van der Waals surface area contributed by atoms with Gasteiger partial charge in [0.1, 0.15) is 0 Å². The van der Waals surface area contributed by atoms with E-state index in [9.17, 15) is 9.59 Å². The van der Waals surface area contributed by atoms with Crippen molar-refractivity contribution >= 4 is 23.3 Å². The smallest absolute Gasteiger partial charge is 0.297 e. The first kappa shape index (κ1) is 12.7. The van der Waals surface area contributed by atoms with E-state index in [1.807, 2.05) is 12.1 Å². The van der Waals surface area contributed by atoms with Gasteiger partial charge in [-0.05, 0) is 17.7 Å². The number of urea groups is 1. The summed E-state index contributed by atoms with van der Waals surface area (Å²) in [5, 5.41) is 6.66. The van der Waals surface area contributed by atoms with Crippen LogP contribution in [0, 0.1) is 5.53 Å². The average Bonchev–Trinajstić information content (AvgIpc) is 2.46. The maximum atomic E-state index is 11.0. The van der Waals surface area contributed by atoms with Crippen LogP contribution in [0.3, 0.4) is 0 Å². The minimum Gasteiger partial charge on any atom is -0.297 e. The summed E-state index contributed by atoms with van der Waals surface area (Å²) in [4.78, 5) is 21.7. The molecule has 0 aliphatic carbocycles. The SMILES string of the molecule is N=NC(=O)NNc1ccc(C2=NNC(=O)CC2)cc1. The summed E-state index contributed by atoms with van der Waals surface area (Å²) in [6, 6.07) is 6.37. The number of anilines is 1. The standard InChI is InChI=1S/C11H12N6O2/c12-13-11(19)17-14-8-3-1-7(2-4-8)9-5-6-10(18)16-15-9/h1-4,12,14H,5-6H2,(H,16,18)(H,17,19). The molecule has 1 aliphatic heterocycles. The molecule has 2 rings (SSSR count). The number of hydrazine groups is 1. The molecule has 0 saturated heterocycles. The van der Waals surface area contributed by atoms with Crippen LogP contribution in [0.15, 0.2) is 34.5 Å². The number of rotatable bonds is 3. The van der Waals surface area contributed by atoms with Crippen LogP contribution in [-0.2, 0) is 4.79 Å². The highest BCUT2D eigenvalue weighted by Gasteiger charge is 2.12. The Morgan fingerprint density at radius 2 is 2.05 bits per heavy atom. The van der Waals surface area contributed by atoms with Gasteiger partial charge in [-0.15, -0.1) is 0 Å². The molecule has 3 amide bonds. The van der Waals surface area contributed by atoms with Crippen molar-refractivity contribution in [1.29, 1.82) is 5.53 Å². The molecule has 19 heavy (non-hydrogen) atoms. The molecule has 98 valence electrons. The number of hydrogen-bond donors (Lipinski definition) is 4. The highest BCUT2D eigenvalue weighted by atomic mass is 16.2. The van der Waals surface area contributed by atoms with Crippen LogP contribution in [-0.4, -0.2) is 17.6 Å². The van der Waals surface area contributed by atoms with E-state index in [1.54, 1.807) is 12.1 Å². The summed E-state index contributed by atoms with van der Waals surface area (Å²) in [7, 11) is 0. The van der Waals surface area contributed by atoms with Crippen molar-refractivity contribution in [2.45, 2.75) is 12.8 Å². The number of hydrogen-bond acceptors (Lipinski definition) is 5. The topological polar surface area (TPSA) is 119 Å². The normalized spacial score (nSPS) is 14.1. The van der Waals surface area contributed by atoms with E-state index in [4.69, 9.17) is 5.53 Å². The molecule has 8 nitrogen and oxygen atoms in total. The zero-order chi connectivity index (χ0) is 13.7. The molecular weight excluding hydrogens is 248 g/mol. The monoisotopic (exact) mass is 260 g/mol. The van der Waals surface area contributed by atoms with Crippen LogP contribution >= 0.6 is 0 Å². The highest BCUT2D eigenvalue weighted by molar-refractivity contribution is 6.04. The maximum absolute atomic E-state index is 11.0. The Kier molecular flexibility index (Phi) is 3.81. The van der Waals surface area contributed by atoms with Crippen molar-refractivity contribution in [2.75, 3.05) is 5.43 Å². The fourth-order valence-electron chi connectivity index (χ4n) is 1.58. The molecule has 0 radical (unpaired) electrons. The molecular formula is C11H12N6O2. The first-order chi connectivity index (χ1) is 9.19. The summed E-state index contributed by atoms with van der Waals surface area (Å²) < 4.78 is 0. The second-order valence-corrected chi connectivity index (χ2v) is 3.84. The summed E-state index contributed by atoms with van der Waals surface area (Å²) in [6.07, 6.45) is 1.03. The van der Waals surface area contributed by atoms with Gasteiger partial charge in [0.05, 0.1) is 11.4 Å². The third-order valence-electron chi connectivity index (χ3n) is 2.54. The summed E-state index contributed by atoms with van der Waals surface area (Å²) in [6.45, 7) is 0. The number of hydrazone groups is 1. The average molecular weight is 260 g/mol. The molecule has 4 N–H and O–H groups in total. The van der Waals surface area contributed by atoms with Gasteiger partial charge in [-0.25, -0.2) is 15.6 Å². The molecule has 1 aliphatic rings. The van der Waals surface area contributed by atoms with Crippen molar-refractivity contribution in [3.63, 3.8) is 0 Å². The minimum absolute atomic E-state index is 0.0797. The lowest BCUT2D eigenvalue weighted by atomic mass is 10.0. The van der Waals surface area contributed by atoms with Crippen LogP contribution in [0.5, 0.6) is 0 Å². The first-order valence-electron chi connectivity index (χ1n) is 5.58. The third kappa shape index (κ3) is 3.35. The fourth-order valence-corrected chi connectivity index (χ4v) is 1.58. The number of amides is 3. The number of carbonyl (C=O) groups is 2. The second-order valence-electron chi connectivity index (χ2n) is 3.84. The number of benzene rings is 1. The van der Waals surface area contributed by atoms with Crippen LogP contribution in [0.2, 0.25) is 0 Å². The second kappa shape index (κ2) is 5.71. The van der Waals surface area contributed by atoms with Gasteiger partial charge in [0.2, 0.25) is 5.91 Å². The molecule has 0 spiro atoms. The van der Waals surface area contributed by atoms with E-state index in [-0.39, 0.29) is 5.91 Å². The van der Waals surface area contributed by atoms with E-state index >= 15 is 0 Å². The quantitative estimate of drug-likeness (QED) is 0.485. The summed E-state index contributed by atoms with van der Waals surface area (Å²) in [5.41, 5.74) is 16.1. The largest absolute Gasteiger partial charge is 0.377 e. The van der Waals surface area contributed by atoms with Gasteiger partial charge in [-0.3, -0.25) is 10.2 Å². The highest BCUT2D eigenvalue weighted by Crippen LogP contribution is 2.13. The first-order valence-corrected chi connectivity index (χ1v) is 5.58.